The van der Waals surface area contributed by atoms with Gasteiger partial charge in [0.25, 0.3) is 0 Å². The number of nitrogens with two attached hydrogens (primary N) is 1. The number of nitrogens with zero attached hydrogens (tertiary/aromatic N) is 1. The number of nitrogens with one attached hydrogen (secondary N) is 1. The van der Waals surface area contributed by atoms with E-state index in [1.165, 1.54) is 6.92 Å². The van der Waals surface area contributed by atoms with Crippen LogP contribution in [-0.4, -0.2) is 89.5 Å². The Kier molecular flexibility index (Phi) is 7.71. The quantitative estimate of drug-likeness (QED) is 0.230. The van der Waals surface area contributed by atoms with Crippen LogP contribution >= 0.6 is 0 Å². The summed E-state index contributed by atoms with van der Waals surface area (Å²) in [6.45, 7) is 3.35. The number of rotatable bonds is 11. The number of ether oxygens (including phenoxy) is 4. The standard InChI is InChI=1S/C29H37N3O10/c1-14(40-22(34)10-12-31-21(33)8-6-17(30)26(35)36)27(37)41-20-9-11-29(38)15(2)32(3)18-13-28(29)23-16(18)5-7-19(39-4)24(23)42-25(20)28/h5,7,9,14-15,17-18,25,38H,6,8,10-13,30H2,1-4H3,(H,31,33)(H,35,36)/p+1/t14-,15+,17-,18?,25-,28-,29+/m0/s1. The molecule has 0 radical (unpaired) electrons. The van der Waals surface area contributed by atoms with Crippen molar-refractivity contribution in [3.8, 4) is 11.5 Å². The summed E-state index contributed by atoms with van der Waals surface area (Å²) in [6, 6.07) is 2.68. The van der Waals surface area contributed by atoms with E-state index in [0.717, 1.165) is 11.1 Å². The minimum atomic E-state index is -1.24. The third-order valence-corrected chi connectivity index (χ3v) is 9.35. The van der Waals surface area contributed by atoms with Crippen LogP contribution in [0.5, 0.6) is 11.5 Å². The zero-order valence-corrected chi connectivity index (χ0v) is 24.1. The van der Waals surface area contributed by atoms with Crippen LogP contribution in [0.3, 0.4) is 0 Å². The molecule has 13 nitrogen and oxygen atoms in total. The van der Waals surface area contributed by atoms with E-state index in [9.17, 15) is 24.3 Å². The first-order valence-electron chi connectivity index (χ1n) is 14.1. The van der Waals surface area contributed by atoms with Crippen molar-refractivity contribution in [1.29, 1.82) is 0 Å². The molecule has 5 rings (SSSR count). The molecule has 1 spiro atoms. The van der Waals surface area contributed by atoms with E-state index in [1.54, 1.807) is 13.2 Å². The molecule has 1 unspecified atom stereocenters. The van der Waals surface area contributed by atoms with Crippen LogP contribution in [0.1, 0.15) is 63.1 Å². The first-order valence-corrected chi connectivity index (χ1v) is 14.1. The number of hydrogen-bond donors (Lipinski definition) is 3. The molecule has 228 valence electrons. The number of aliphatic hydroxyl groups is 1. The van der Waals surface area contributed by atoms with Gasteiger partial charge in [-0.25, -0.2) is 4.79 Å². The Morgan fingerprint density at radius 3 is 2.71 bits per heavy atom. The van der Waals surface area contributed by atoms with E-state index >= 15 is 0 Å². The Bertz CT molecular complexity index is 1350. The number of methoxy groups -OCH3 is 1. The molecule has 1 amide bonds. The number of carbonyl (C=O) groups is 4. The van der Waals surface area contributed by atoms with Gasteiger partial charge in [0.2, 0.25) is 5.91 Å². The van der Waals surface area contributed by atoms with Gasteiger partial charge in [-0.3, -0.25) is 14.5 Å². The van der Waals surface area contributed by atoms with Gasteiger partial charge in [0.15, 0.2) is 29.7 Å². The van der Waals surface area contributed by atoms with Crippen molar-refractivity contribution >= 4 is 23.8 Å². The number of esters is 2. The van der Waals surface area contributed by atoms with E-state index in [2.05, 4.69) is 10.2 Å². The number of likely N-dealkylation sites (N-methyl/N-ethyl adjacent to an activating group) is 1. The Hall–Kier alpha value is -3.68. The van der Waals surface area contributed by atoms with E-state index in [-0.39, 0.29) is 50.1 Å². The molecule has 2 aliphatic heterocycles. The minimum Gasteiger partial charge on any atom is -0.564 e. The van der Waals surface area contributed by atoms with Crippen LogP contribution in [0.2, 0.25) is 0 Å². The molecule has 6 N–H and O–H groups in total. The van der Waals surface area contributed by atoms with Gasteiger partial charge >= 0.3 is 17.9 Å². The molecule has 1 aromatic carbocycles. The Morgan fingerprint density at radius 2 is 2.02 bits per heavy atom. The lowest BCUT2D eigenvalue weighted by atomic mass is 9.56. The summed E-state index contributed by atoms with van der Waals surface area (Å²) in [7, 11) is 3.56. The molecule has 4 aliphatic rings. The smallest absolute Gasteiger partial charge is 0.532 e. The summed E-state index contributed by atoms with van der Waals surface area (Å²) < 4.78 is 23.0. The number of likely N-dealkylation sites (tertiary alicyclic amines) is 1. The summed E-state index contributed by atoms with van der Waals surface area (Å²) in [5.74, 6) is -1.55. The maximum atomic E-state index is 13.1. The fraction of sp³-hybridized carbons (Fsp3) is 0.586. The van der Waals surface area contributed by atoms with Gasteiger partial charge in [-0.05, 0) is 51.4 Å². The molecular weight excluding hydrogens is 550 g/mol. The molecule has 1 fully saturated rings. The number of carbonyl (C=O) groups excluding carboxylic acids is 4. The Balaban J connectivity index is 1.23. The van der Waals surface area contributed by atoms with Crippen LogP contribution < -0.4 is 20.5 Å². The first kappa shape index (κ1) is 29.8. The lowest BCUT2D eigenvalue weighted by Crippen LogP contribution is -2.69. The molecule has 1 aromatic rings. The number of hydrogen-bond acceptors (Lipinski definition) is 11. The summed E-state index contributed by atoms with van der Waals surface area (Å²) in [4.78, 5) is 50.3. The summed E-state index contributed by atoms with van der Waals surface area (Å²) in [5.41, 5.74) is 5.37. The van der Waals surface area contributed by atoms with E-state index in [4.69, 9.17) is 29.8 Å². The zero-order valence-electron chi connectivity index (χ0n) is 24.1. The highest BCUT2D eigenvalue weighted by Crippen LogP contribution is 2.70. The van der Waals surface area contributed by atoms with Gasteiger partial charge in [0, 0.05) is 41.8 Å². The SMILES string of the molecule is COc1ccc2c3c1O[C@H]1C(OC(=O)[C@H](C)OC(=O)CCNC(=O)CC[C@H](N)C(=O)[OH2+])=CC[C@@]4(O)[C@@H](C)N(C)C2C[C@]314. The molecule has 2 aliphatic carbocycles. The van der Waals surface area contributed by atoms with E-state index in [0.29, 0.717) is 17.9 Å². The fourth-order valence-electron chi connectivity index (χ4n) is 6.96. The predicted molar refractivity (Wildman–Crippen MR) is 146 cm³/mol. The molecule has 42 heavy (non-hydrogen) atoms. The maximum Gasteiger partial charge on any atom is 0.532 e. The predicted octanol–water partition coefficient (Wildman–Crippen LogP) is -0.169. The van der Waals surface area contributed by atoms with Gasteiger partial charge < -0.3 is 40.2 Å². The highest BCUT2D eigenvalue weighted by molar-refractivity contribution is 5.81. The van der Waals surface area contributed by atoms with Gasteiger partial charge in [-0.1, -0.05) is 6.07 Å². The molecule has 0 saturated carbocycles. The minimum absolute atomic E-state index is 0.0240. The second-order valence-electron chi connectivity index (χ2n) is 11.5. The summed E-state index contributed by atoms with van der Waals surface area (Å²) in [5, 5.41) is 21.7. The number of benzene rings is 1. The van der Waals surface area contributed by atoms with Gasteiger partial charge in [-0.15, -0.1) is 0 Å². The Morgan fingerprint density at radius 1 is 1.29 bits per heavy atom. The van der Waals surface area contributed by atoms with Crippen LogP contribution in [0, 0.1) is 0 Å². The third-order valence-electron chi connectivity index (χ3n) is 9.35. The Labute approximate surface area is 242 Å². The number of amides is 1. The molecular formula is C29H38N3O10+. The molecule has 13 heteroatoms. The molecule has 7 atom stereocenters. The second kappa shape index (κ2) is 10.9. The topological polar surface area (TPSA) is 190 Å². The van der Waals surface area contributed by atoms with Crippen molar-refractivity contribution in [3.05, 3.63) is 35.1 Å². The lowest BCUT2D eigenvalue weighted by Gasteiger charge is -2.57. The third kappa shape index (κ3) is 4.50. The fourth-order valence-corrected chi connectivity index (χ4v) is 6.96. The normalized spacial score (nSPS) is 29.9. The van der Waals surface area contributed by atoms with Crippen LogP contribution in [0.4, 0.5) is 0 Å². The molecule has 2 heterocycles. The summed E-state index contributed by atoms with van der Waals surface area (Å²) >= 11 is 0. The average Bonchev–Trinajstić information content (AvgIpc) is 3.48. The molecule has 2 bridgehead atoms. The van der Waals surface area contributed by atoms with Crippen LogP contribution in [0.15, 0.2) is 24.0 Å². The van der Waals surface area contributed by atoms with Gasteiger partial charge in [-0.2, -0.15) is 0 Å². The largest absolute Gasteiger partial charge is 0.564 e. The van der Waals surface area contributed by atoms with Gasteiger partial charge in [0.05, 0.1) is 24.5 Å². The number of fused-ring (bicyclic) bond motifs is 2. The highest BCUT2D eigenvalue weighted by Gasteiger charge is 2.74. The average molecular weight is 589 g/mol. The molecule has 1 saturated heterocycles. The first-order chi connectivity index (χ1) is 19.9. The maximum absolute atomic E-state index is 13.1. The van der Waals surface area contributed by atoms with Gasteiger partial charge in [0.1, 0.15) is 5.76 Å². The number of piperidine rings is 1. The van der Waals surface area contributed by atoms with Crippen molar-refractivity contribution in [2.45, 2.75) is 87.3 Å². The van der Waals surface area contributed by atoms with E-state index in [1.807, 2.05) is 26.1 Å². The molecule has 0 aromatic heterocycles. The van der Waals surface area contributed by atoms with Crippen molar-refractivity contribution in [1.82, 2.24) is 10.2 Å². The van der Waals surface area contributed by atoms with Crippen molar-refractivity contribution in [2.24, 2.45) is 5.73 Å². The van der Waals surface area contributed by atoms with Crippen molar-refractivity contribution in [3.63, 3.8) is 0 Å². The van der Waals surface area contributed by atoms with Crippen LogP contribution in [-0.2, 0) is 34.1 Å². The highest BCUT2D eigenvalue weighted by atomic mass is 16.6. The van der Waals surface area contributed by atoms with Crippen molar-refractivity contribution < 1.29 is 48.3 Å². The zero-order chi connectivity index (χ0) is 30.6. The summed E-state index contributed by atoms with van der Waals surface area (Å²) in [6.07, 6.45) is 0.251. The monoisotopic (exact) mass is 588 g/mol. The lowest BCUT2D eigenvalue weighted by molar-refractivity contribution is -0.174. The van der Waals surface area contributed by atoms with Crippen molar-refractivity contribution in [2.75, 3.05) is 20.7 Å². The second-order valence-corrected chi connectivity index (χ2v) is 11.5. The van der Waals surface area contributed by atoms with Crippen LogP contribution in [0.25, 0.3) is 0 Å². The van der Waals surface area contributed by atoms with E-state index < -0.39 is 53.1 Å².